The summed E-state index contributed by atoms with van der Waals surface area (Å²) in [7, 11) is 0. The normalized spacial score (nSPS) is 10.3. The van der Waals surface area contributed by atoms with Crippen LogP contribution in [0.15, 0.2) is 72.8 Å². The lowest BCUT2D eigenvalue weighted by Crippen LogP contribution is -2.21. The number of rotatable bonds is 7. The zero-order valence-corrected chi connectivity index (χ0v) is 16.5. The standard InChI is InChI=1S/C24H23NO4/c1-17-7-6-8-18(2)23(17)25-22(26)16-29-24(27)20-13-11-19(12-14-20)15-28-21-9-4-3-5-10-21/h3-14H,15-16H2,1-2H3,(H,25,26). The molecule has 0 fully saturated rings. The number of amides is 1. The number of anilines is 1. The Morgan fingerprint density at radius 3 is 2.14 bits per heavy atom. The fourth-order valence-electron chi connectivity index (χ4n) is 2.82. The van der Waals surface area contributed by atoms with Gasteiger partial charge < -0.3 is 14.8 Å². The number of carbonyl (C=O) groups is 2. The first-order valence-electron chi connectivity index (χ1n) is 9.33. The minimum atomic E-state index is -0.544. The maximum Gasteiger partial charge on any atom is 0.338 e. The van der Waals surface area contributed by atoms with Crippen LogP contribution in [0.5, 0.6) is 5.75 Å². The number of carbonyl (C=O) groups excluding carboxylic acids is 2. The van der Waals surface area contributed by atoms with Crippen molar-refractivity contribution in [3.63, 3.8) is 0 Å². The van der Waals surface area contributed by atoms with Crippen LogP contribution in [0.4, 0.5) is 5.69 Å². The van der Waals surface area contributed by atoms with E-state index < -0.39 is 5.97 Å². The zero-order chi connectivity index (χ0) is 20.6. The Morgan fingerprint density at radius 2 is 1.48 bits per heavy atom. The lowest BCUT2D eigenvalue weighted by atomic mass is 10.1. The highest BCUT2D eigenvalue weighted by Gasteiger charge is 2.12. The van der Waals surface area contributed by atoms with Crippen molar-refractivity contribution in [3.8, 4) is 5.75 Å². The first kappa shape index (κ1) is 20.1. The first-order valence-corrected chi connectivity index (χ1v) is 9.33. The van der Waals surface area contributed by atoms with Gasteiger partial charge in [-0.2, -0.15) is 0 Å². The molecule has 0 saturated heterocycles. The predicted molar refractivity (Wildman–Crippen MR) is 112 cm³/mol. The van der Waals surface area contributed by atoms with E-state index in [0.29, 0.717) is 12.2 Å². The third-order valence-electron chi connectivity index (χ3n) is 4.42. The number of hydrogen-bond acceptors (Lipinski definition) is 4. The second kappa shape index (κ2) is 9.55. The molecule has 5 nitrogen and oxygen atoms in total. The van der Waals surface area contributed by atoms with Crippen LogP contribution in [0.3, 0.4) is 0 Å². The Morgan fingerprint density at radius 1 is 0.828 bits per heavy atom. The summed E-state index contributed by atoms with van der Waals surface area (Å²) in [5.41, 5.74) is 3.97. The average Bonchev–Trinajstić information content (AvgIpc) is 2.74. The second-order valence-corrected chi connectivity index (χ2v) is 6.69. The van der Waals surface area contributed by atoms with Gasteiger partial charge in [0.15, 0.2) is 6.61 Å². The van der Waals surface area contributed by atoms with Gasteiger partial charge in [0, 0.05) is 5.69 Å². The Kier molecular flexibility index (Phi) is 6.63. The van der Waals surface area contributed by atoms with Crippen molar-refractivity contribution in [2.24, 2.45) is 0 Å². The summed E-state index contributed by atoms with van der Waals surface area (Å²) in [4.78, 5) is 24.3. The number of para-hydroxylation sites is 2. The van der Waals surface area contributed by atoms with Gasteiger partial charge in [-0.1, -0.05) is 48.5 Å². The van der Waals surface area contributed by atoms with E-state index in [4.69, 9.17) is 9.47 Å². The van der Waals surface area contributed by atoms with Crippen molar-refractivity contribution < 1.29 is 19.1 Å². The molecule has 148 valence electrons. The Labute approximate surface area is 170 Å². The number of benzene rings is 3. The molecule has 0 atom stereocenters. The van der Waals surface area contributed by atoms with Crippen LogP contribution in [0.25, 0.3) is 0 Å². The van der Waals surface area contributed by atoms with Gasteiger partial charge in [0.1, 0.15) is 12.4 Å². The van der Waals surface area contributed by atoms with Crippen LogP contribution < -0.4 is 10.1 Å². The van der Waals surface area contributed by atoms with E-state index in [2.05, 4.69) is 5.32 Å². The lowest BCUT2D eigenvalue weighted by Gasteiger charge is -2.11. The van der Waals surface area contributed by atoms with Gasteiger partial charge in [0.2, 0.25) is 0 Å². The molecule has 1 amide bonds. The van der Waals surface area contributed by atoms with Crippen molar-refractivity contribution >= 4 is 17.6 Å². The summed E-state index contributed by atoms with van der Waals surface area (Å²) < 4.78 is 10.8. The SMILES string of the molecule is Cc1cccc(C)c1NC(=O)COC(=O)c1ccc(COc2ccccc2)cc1. The van der Waals surface area contributed by atoms with Crippen LogP contribution in [0.2, 0.25) is 0 Å². The molecule has 0 radical (unpaired) electrons. The van der Waals surface area contributed by atoms with E-state index in [0.717, 1.165) is 28.1 Å². The monoisotopic (exact) mass is 389 g/mol. The van der Waals surface area contributed by atoms with Crippen molar-refractivity contribution in [1.29, 1.82) is 0 Å². The van der Waals surface area contributed by atoms with E-state index in [1.807, 2.05) is 62.4 Å². The summed E-state index contributed by atoms with van der Waals surface area (Å²) in [6.45, 7) is 3.89. The van der Waals surface area contributed by atoms with Crippen LogP contribution in [-0.2, 0) is 16.1 Å². The Hall–Kier alpha value is -3.60. The van der Waals surface area contributed by atoms with Crippen molar-refractivity contribution in [2.75, 3.05) is 11.9 Å². The number of hydrogen-bond donors (Lipinski definition) is 1. The molecule has 0 aliphatic carbocycles. The zero-order valence-electron chi connectivity index (χ0n) is 16.5. The molecule has 3 aromatic carbocycles. The molecule has 3 aromatic rings. The Balaban J connectivity index is 1.49. The van der Waals surface area contributed by atoms with E-state index in [1.54, 1.807) is 24.3 Å². The van der Waals surface area contributed by atoms with Gasteiger partial charge >= 0.3 is 5.97 Å². The predicted octanol–water partition coefficient (Wildman–Crippen LogP) is 4.68. The van der Waals surface area contributed by atoms with Crippen molar-refractivity contribution in [2.45, 2.75) is 20.5 Å². The van der Waals surface area contributed by atoms with E-state index in [9.17, 15) is 9.59 Å². The molecule has 0 bridgehead atoms. The van der Waals surface area contributed by atoms with Gasteiger partial charge in [0.05, 0.1) is 5.56 Å². The minimum Gasteiger partial charge on any atom is -0.489 e. The van der Waals surface area contributed by atoms with Crippen LogP contribution in [0, 0.1) is 13.8 Å². The van der Waals surface area contributed by atoms with Crippen molar-refractivity contribution in [1.82, 2.24) is 0 Å². The van der Waals surface area contributed by atoms with E-state index in [1.165, 1.54) is 0 Å². The molecule has 0 aromatic heterocycles. The highest BCUT2D eigenvalue weighted by atomic mass is 16.5. The van der Waals surface area contributed by atoms with Gasteiger partial charge in [-0.05, 0) is 54.8 Å². The van der Waals surface area contributed by atoms with Gasteiger partial charge in [-0.25, -0.2) is 4.79 Å². The molecule has 0 spiro atoms. The third-order valence-corrected chi connectivity index (χ3v) is 4.42. The largest absolute Gasteiger partial charge is 0.489 e. The lowest BCUT2D eigenvalue weighted by molar-refractivity contribution is -0.119. The number of nitrogens with one attached hydrogen (secondary N) is 1. The molecular weight excluding hydrogens is 366 g/mol. The maximum atomic E-state index is 12.2. The number of aryl methyl sites for hydroxylation is 2. The average molecular weight is 389 g/mol. The summed E-state index contributed by atoms with van der Waals surface area (Å²) in [5.74, 6) is -0.133. The second-order valence-electron chi connectivity index (χ2n) is 6.69. The van der Waals surface area contributed by atoms with E-state index >= 15 is 0 Å². The van der Waals surface area contributed by atoms with Crippen LogP contribution in [0.1, 0.15) is 27.0 Å². The first-order chi connectivity index (χ1) is 14.0. The fourth-order valence-corrected chi connectivity index (χ4v) is 2.82. The summed E-state index contributed by atoms with van der Waals surface area (Å²) in [5, 5.41) is 2.79. The molecule has 3 rings (SSSR count). The number of esters is 1. The highest BCUT2D eigenvalue weighted by molar-refractivity contribution is 5.96. The Bertz CT molecular complexity index is 961. The van der Waals surface area contributed by atoms with Crippen molar-refractivity contribution in [3.05, 3.63) is 95.1 Å². The summed E-state index contributed by atoms with van der Waals surface area (Å²) >= 11 is 0. The minimum absolute atomic E-state index is 0.342. The van der Waals surface area contributed by atoms with Crippen LogP contribution >= 0.6 is 0 Å². The molecule has 0 aliphatic rings. The fraction of sp³-hybridized carbons (Fsp3) is 0.167. The van der Waals surface area contributed by atoms with Gasteiger partial charge in [-0.15, -0.1) is 0 Å². The third kappa shape index (κ3) is 5.69. The van der Waals surface area contributed by atoms with E-state index in [-0.39, 0.29) is 12.5 Å². The molecule has 0 aliphatic heterocycles. The summed E-state index contributed by atoms with van der Waals surface area (Å²) in [6, 6.07) is 22.2. The quantitative estimate of drug-likeness (QED) is 0.596. The molecule has 0 unspecified atom stereocenters. The highest BCUT2D eigenvalue weighted by Crippen LogP contribution is 2.19. The molecule has 0 saturated carbocycles. The molecule has 29 heavy (non-hydrogen) atoms. The smallest absolute Gasteiger partial charge is 0.338 e. The van der Waals surface area contributed by atoms with Crippen LogP contribution in [-0.4, -0.2) is 18.5 Å². The molecule has 0 heterocycles. The maximum absolute atomic E-state index is 12.2. The molecular formula is C24H23NO4. The molecule has 5 heteroatoms. The number of ether oxygens (including phenoxy) is 2. The van der Waals surface area contributed by atoms with Gasteiger partial charge in [-0.3, -0.25) is 4.79 Å². The summed E-state index contributed by atoms with van der Waals surface area (Å²) in [6.07, 6.45) is 0. The van der Waals surface area contributed by atoms with Gasteiger partial charge in [0.25, 0.3) is 5.91 Å². The topological polar surface area (TPSA) is 64.6 Å². The molecule has 1 N–H and O–H groups in total.